The molecule has 130 valence electrons. The first kappa shape index (κ1) is 15.7. The number of aromatic nitrogens is 4. The van der Waals surface area contributed by atoms with Crippen LogP contribution < -0.4 is 10.1 Å². The number of carbonyl (C=O) groups is 1. The van der Waals surface area contributed by atoms with E-state index in [4.69, 9.17) is 4.74 Å². The molecule has 4 rings (SSSR count). The maximum Gasteiger partial charge on any atom is 0.417 e. The van der Waals surface area contributed by atoms with Crippen molar-refractivity contribution >= 4 is 28.5 Å². The summed E-state index contributed by atoms with van der Waals surface area (Å²) >= 11 is 0. The van der Waals surface area contributed by atoms with Crippen molar-refractivity contribution in [2.45, 2.75) is 0 Å². The van der Waals surface area contributed by atoms with Gasteiger partial charge in [0.15, 0.2) is 5.82 Å². The maximum absolute atomic E-state index is 11.5. The molecule has 0 aliphatic carbocycles. The van der Waals surface area contributed by atoms with Gasteiger partial charge in [-0.15, -0.1) is 5.10 Å². The molecule has 0 saturated carbocycles. The molecular weight excluding hydrogens is 334 g/mol. The van der Waals surface area contributed by atoms with Crippen molar-refractivity contribution < 1.29 is 14.3 Å². The molecule has 0 bridgehead atoms. The number of hydrogen-bond donors (Lipinski definition) is 2. The summed E-state index contributed by atoms with van der Waals surface area (Å²) in [6.45, 7) is 3.34. The largest absolute Gasteiger partial charge is 0.495 e. The molecule has 8 heteroatoms. The smallest absolute Gasteiger partial charge is 0.417 e. The highest BCUT2D eigenvalue weighted by Gasteiger charge is 2.13. The second kappa shape index (κ2) is 6.25. The van der Waals surface area contributed by atoms with E-state index in [-0.39, 0.29) is 0 Å². The molecule has 0 unspecified atom stereocenters. The van der Waals surface area contributed by atoms with Gasteiger partial charge in [0.1, 0.15) is 11.4 Å². The number of aromatic amines is 1. The van der Waals surface area contributed by atoms with Crippen molar-refractivity contribution in [3.8, 4) is 16.9 Å². The fourth-order valence-electron chi connectivity index (χ4n) is 2.84. The summed E-state index contributed by atoms with van der Waals surface area (Å²) in [4.78, 5) is 19.0. The van der Waals surface area contributed by atoms with Crippen LogP contribution in [-0.2, 0) is 4.74 Å². The zero-order chi connectivity index (χ0) is 18.1. The van der Waals surface area contributed by atoms with E-state index in [0.29, 0.717) is 5.82 Å². The van der Waals surface area contributed by atoms with Gasteiger partial charge >= 0.3 is 6.09 Å². The highest BCUT2D eigenvalue weighted by atomic mass is 16.5. The molecule has 2 N–H and O–H groups in total. The Bertz CT molecular complexity index is 1130. The van der Waals surface area contributed by atoms with Gasteiger partial charge in [0, 0.05) is 30.2 Å². The summed E-state index contributed by atoms with van der Waals surface area (Å²) in [5, 5.41) is 7.71. The van der Waals surface area contributed by atoms with E-state index < -0.39 is 6.09 Å². The molecule has 0 atom stereocenters. The zero-order valence-corrected chi connectivity index (χ0v) is 13.9. The molecule has 0 radical (unpaired) electrons. The number of nitrogens with zero attached hydrogens (tertiary/aromatic N) is 3. The summed E-state index contributed by atoms with van der Waals surface area (Å²) in [6.07, 6.45) is 5.80. The molecule has 4 aromatic heterocycles. The van der Waals surface area contributed by atoms with Gasteiger partial charge in [-0.3, -0.25) is 5.32 Å². The number of amides is 1. The van der Waals surface area contributed by atoms with Crippen molar-refractivity contribution in [3.05, 3.63) is 55.7 Å². The predicted molar refractivity (Wildman–Crippen MR) is 97.1 cm³/mol. The SMILES string of the molecule is C=COC(=O)Nc1cc2cc(-c3cnc4[nH]ccc4c3OC)ccn2n1. The van der Waals surface area contributed by atoms with E-state index in [2.05, 4.69) is 31.7 Å². The lowest BCUT2D eigenvalue weighted by Gasteiger charge is -2.09. The van der Waals surface area contributed by atoms with Crippen LogP contribution in [0.3, 0.4) is 0 Å². The Morgan fingerprint density at radius 3 is 3.08 bits per heavy atom. The number of fused-ring (bicyclic) bond motifs is 2. The van der Waals surface area contributed by atoms with E-state index in [1.165, 1.54) is 0 Å². The number of nitrogens with one attached hydrogen (secondary N) is 2. The maximum atomic E-state index is 11.5. The number of hydrogen-bond acceptors (Lipinski definition) is 5. The quantitative estimate of drug-likeness (QED) is 0.549. The Hall–Kier alpha value is -3.81. The molecule has 8 nitrogen and oxygen atoms in total. The Balaban J connectivity index is 1.76. The molecule has 4 heterocycles. The van der Waals surface area contributed by atoms with Crippen molar-refractivity contribution in [3.63, 3.8) is 0 Å². The Kier molecular flexibility index (Phi) is 3.77. The average Bonchev–Trinajstić information content (AvgIpc) is 3.26. The first-order valence-electron chi connectivity index (χ1n) is 7.78. The van der Waals surface area contributed by atoms with E-state index in [0.717, 1.165) is 39.7 Å². The van der Waals surface area contributed by atoms with Gasteiger partial charge in [0.25, 0.3) is 0 Å². The number of H-pyrrole nitrogens is 1. The first-order chi connectivity index (χ1) is 12.7. The molecule has 0 aliphatic heterocycles. The van der Waals surface area contributed by atoms with Crippen molar-refractivity contribution in [1.82, 2.24) is 19.6 Å². The fraction of sp³-hybridized carbons (Fsp3) is 0.0556. The third kappa shape index (κ3) is 2.63. The molecule has 26 heavy (non-hydrogen) atoms. The van der Waals surface area contributed by atoms with Crippen molar-refractivity contribution in [1.29, 1.82) is 0 Å². The van der Waals surface area contributed by atoms with Gasteiger partial charge < -0.3 is 14.5 Å². The van der Waals surface area contributed by atoms with E-state index >= 15 is 0 Å². The summed E-state index contributed by atoms with van der Waals surface area (Å²) in [6, 6.07) is 7.51. The minimum absolute atomic E-state index is 0.375. The summed E-state index contributed by atoms with van der Waals surface area (Å²) in [7, 11) is 1.63. The van der Waals surface area contributed by atoms with Crippen molar-refractivity contribution in [2.24, 2.45) is 0 Å². The van der Waals surface area contributed by atoms with Gasteiger partial charge in [-0.2, -0.15) is 0 Å². The molecule has 0 aromatic carbocycles. The molecule has 1 amide bonds. The first-order valence-corrected chi connectivity index (χ1v) is 7.78. The highest BCUT2D eigenvalue weighted by Crippen LogP contribution is 2.35. The van der Waals surface area contributed by atoms with Crippen LogP contribution in [0.25, 0.3) is 27.7 Å². The lowest BCUT2D eigenvalue weighted by atomic mass is 10.1. The number of ether oxygens (including phenoxy) is 2. The minimum atomic E-state index is -0.646. The molecule has 0 aliphatic rings. The Labute approximate surface area is 148 Å². The van der Waals surface area contributed by atoms with Crippen molar-refractivity contribution in [2.75, 3.05) is 12.4 Å². The zero-order valence-electron chi connectivity index (χ0n) is 13.9. The van der Waals surface area contributed by atoms with Crippen LogP contribution in [0.4, 0.5) is 10.6 Å². The van der Waals surface area contributed by atoms with Crippen LogP contribution in [0.5, 0.6) is 5.75 Å². The molecule has 0 saturated heterocycles. The summed E-state index contributed by atoms with van der Waals surface area (Å²) in [5.74, 6) is 1.12. The van der Waals surface area contributed by atoms with Crippen LogP contribution in [-0.4, -0.2) is 32.8 Å². The Morgan fingerprint density at radius 1 is 1.38 bits per heavy atom. The standard InChI is InChI=1S/C18H15N5O3/c1-3-26-18(24)21-15-9-12-8-11(5-7-23(12)22-15)14-10-20-17-13(4-6-19-17)16(14)25-2/h3-10H,1H2,2H3,(H,19,20)(H,21,22,24). The van der Waals surface area contributed by atoms with Gasteiger partial charge in [-0.1, -0.05) is 6.58 Å². The van der Waals surface area contributed by atoms with Gasteiger partial charge in [0.05, 0.1) is 24.3 Å². The molecular formula is C18H15N5O3. The lowest BCUT2D eigenvalue weighted by molar-refractivity contribution is 0.201. The summed E-state index contributed by atoms with van der Waals surface area (Å²) in [5.41, 5.74) is 3.35. The van der Waals surface area contributed by atoms with Gasteiger partial charge in [-0.05, 0) is 23.8 Å². The summed E-state index contributed by atoms with van der Waals surface area (Å²) < 4.78 is 11.9. The minimum Gasteiger partial charge on any atom is -0.495 e. The van der Waals surface area contributed by atoms with Crippen LogP contribution in [0.1, 0.15) is 0 Å². The lowest BCUT2D eigenvalue weighted by Crippen LogP contribution is -2.10. The van der Waals surface area contributed by atoms with E-state index in [9.17, 15) is 4.79 Å². The Morgan fingerprint density at radius 2 is 2.27 bits per heavy atom. The third-order valence-corrected chi connectivity index (χ3v) is 3.94. The number of rotatable bonds is 4. The number of pyridine rings is 2. The average molecular weight is 349 g/mol. The van der Waals surface area contributed by atoms with Gasteiger partial charge in [0.2, 0.25) is 0 Å². The number of anilines is 1. The van der Waals surface area contributed by atoms with Gasteiger partial charge in [-0.25, -0.2) is 14.3 Å². The predicted octanol–water partition coefficient (Wildman–Crippen LogP) is 3.58. The molecule has 0 spiro atoms. The second-order valence-corrected chi connectivity index (χ2v) is 5.46. The molecule has 0 fully saturated rings. The normalized spacial score (nSPS) is 10.8. The van der Waals surface area contributed by atoms with Crippen LogP contribution in [0, 0.1) is 0 Å². The van der Waals surface area contributed by atoms with Crippen LogP contribution in [0.15, 0.2) is 55.7 Å². The van der Waals surface area contributed by atoms with E-state index in [1.807, 2.05) is 24.4 Å². The third-order valence-electron chi connectivity index (χ3n) is 3.94. The fourth-order valence-corrected chi connectivity index (χ4v) is 2.84. The van der Waals surface area contributed by atoms with Crippen LogP contribution in [0.2, 0.25) is 0 Å². The van der Waals surface area contributed by atoms with E-state index in [1.54, 1.807) is 30.1 Å². The van der Waals surface area contributed by atoms with Crippen LogP contribution >= 0.6 is 0 Å². The highest BCUT2D eigenvalue weighted by molar-refractivity contribution is 5.91. The second-order valence-electron chi connectivity index (χ2n) is 5.46. The topological polar surface area (TPSA) is 93.5 Å². The number of methoxy groups -OCH3 is 1. The monoisotopic (exact) mass is 349 g/mol. The number of carbonyl (C=O) groups excluding carboxylic acids is 1. The molecule has 4 aromatic rings.